The van der Waals surface area contributed by atoms with Crippen molar-refractivity contribution in [1.29, 1.82) is 0 Å². The molecule has 0 saturated heterocycles. The fourth-order valence-corrected chi connectivity index (χ4v) is 3.32. The second-order valence-electron chi connectivity index (χ2n) is 5.72. The monoisotopic (exact) mass is 301 g/mol. The smallest absolute Gasteiger partial charge is 0.239 e. The first-order chi connectivity index (χ1) is 9.45. The highest BCUT2D eigenvalue weighted by Gasteiger charge is 2.26. The van der Waals surface area contributed by atoms with Gasteiger partial charge in [-0.3, -0.25) is 9.59 Å². The van der Waals surface area contributed by atoms with Gasteiger partial charge in [0.15, 0.2) is 0 Å². The van der Waals surface area contributed by atoms with E-state index in [4.69, 9.17) is 5.73 Å². The molecule has 20 heavy (non-hydrogen) atoms. The minimum atomic E-state index is -0.559. The SMILES string of the molecule is CSC1CCCCC1NC(=O)CNC(=O)[C@@H](N)C(C)C. The van der Waals surface area contributed by atoms with Gasteiger partial charge in [-0.15, -0.1) is 0 Å². The zero-order valence-electron chi connectivity index (χ0n) is 12.6. The number of carbonyl (C=O) groups excluding carboxylic acids is 2. The number of thioether (sulfide) groups is 1. The lowest BCUT2D eigenvalue weighted by Gasteiger charge is -2.31. The number of rotatable bonds is 6. The third kappa shape index (κ3) is 5.32. The molecule has 2 amide bonds. The van der Waals surface area contributed by atoms with Crippen molar-refractivity contribution in [3.63, 3.8) is 0 Å². The molecule has 0 radical (unpaired) electrons. The Morgan fingerprint density at radius 3 is 2.55 bits per heavy atom. The van der Waals surface area contributed by atoms with Crippen molar-refractivity contribution in [2.45, 2.75) is 56.9 Å². The summed E-state index contributed by atoms with van der Waals surface area (Å²) in [5.41, 5.74) is 5.73. The molecule has 3 atom stereocenters. The second-order valence-corrected chi connectivity index (χ2v) is 6.80. The minimum Gasteiger partial charge on any atom is -0.351 e. The molecule has 5 nitrogen and oxygen atoms in total. The average molecular weight is 301 g/mol. The number of nitrogens with two attached hydrogens (primary N) is 1. The van der Waals surface area contributed by atoms with Crippen LogP contribution in [0.4, 0.5) is 0 Å². The van der Waals surface area contributed by atoms with Crippen LogP contribution < -0.4 is 16.4 Å². The first kappa shape index (κ1) is 17.3. The number of amides is 2. The Bertz CT molecular complexity index is 336. The molecule has 2 unspecified atom stereocenters. The lowest BCUT2D eigenvalue weighted by molar-refractivity contribution is -0.127. The van der Waals surface area contributed by atoms with Crippen molar-refractivity contribution in [3.05, 3.63) is 0 Å². The molecule has 0 bridgehead atoms. The summed E-state index contributed by atoms with van der Waals surface area (Å²) in [5, 5.41) is 6.12. The van der Waals surface area contributed by atoms with Gasteiger partial charge in [0.25, 0.3) is 0 Å². The van der Waals surface area contributed by atoms with Crippen LogP contribution in [0.3, 0.4) is 0 Å². The van der Waals surface area contributed by atoms with Crippen molar-refractivity contribution in [2.75, 3.05) is 12.8 Å². The number of hydrogen-bond acceptors (Lipinski definition) is 4. The summed E-state index contributed by atoms with van der Waals surface area (Å²) >= 11 is 1.81. The quantitative estimate of drug-likeness (QED) is 0.680. The predicted molar refractivity (Wildman–Crippen MR) is 83.5 cm³/mol. The van der Waals surface area contributed by atoms with Crippen molar-refractivity contribution >= 4 is 23.6 Å². The normalized spacial score (nSPS) is 24.2. The topological polar surface area (TPSA) is 84.2 Å². The van der Waals surface area contributed by atoms with Gasteiger partial charge in [-0.05, 0) is 25.0 Å². The Kier molecular flexibility index (Phi) is 7.37. The number of nitrogens with one attached hydrogen (secondary N) is 2. The summed E-state index contributed by atoms with van der Waals surface area (Å²) in [6.45, 7) is 3.78. The summed E-state index contributed by atoms with van der Waals surface area (Å²) < 4.78 is 0. The summed E-state index contributed by atoms with van der Waals surface area (Å²) in [6.07, 6.45) is 6.65. The first-order valence-electron chi connectivity index (χ1n) is 7.31. The van der Waals surface area contributed by atoms with Crippen molar-refractivity contribution in [3.8, 4) is 0 Å². The van der Waals surface area contributed by atoms with Crippen LogP contribution in [0.1, 0.15) is 39.5 Å². The summed E-state index contributed by atoms with van der Waals surface area (Å²) in [4.78, 5) is 23.6. The fraction of sp³-hybridized carbons (Fsp3) is 0.857. The van der Waals surface area contributed by atoms with Gasteiger partial charge in [-0.25, -0.2) is 0 Å². The maximum Gasteiger partial charge on any atom is 0.239 e. The van der Waals surface area contributed by atoms with Crippen molar-refractivity contribution in [2.24, 2.45) is 11.7 Å². The summed E-state index contributed by atoms with van der Waals surface area (Å²) in [7, 11) is 0. The summed E-state index contributed by atoms with van der Waals surface area (Å²) in [6, 6.07) is -0.335. The van der Waals surface area contributed by atoms with Crippen LogP contribution in [0, 0.1) is 5.92 Å². The van der Waals surface area contributed by atoms with Gasteiger partial charge >= 0.3 is 0 Å². The van der Waals surface area contributed by atoms with Gasteiger partial charge in [0.05, 0.1) is 12.6 Å². The molecule has 6 heteroatoms. The van der Waals surface area contributed by atoms with E-state index in [1.807, 2.05) is 13.8 Å². The zero-order chi connectivity index (χ0) is 15.1. The fourth-order valence-electron chi connectivity index (χ4n) is 2.39. The van der Waals surface area contributed by atoms with Crippen molar-refractivity contribution < 1.29 is 9.59 Å². The number of carbonyl (C=O) groups is 2. The zero-order valence-corrected chi connectivity index (χ0v) is 13.5. The predicted octanol–water partition coefficient (Wildman–Crippen LogP) is 0.876. The average Bonchev–Trinajstić information content (AvgIpc) is 2.44. The molecule has 1 rings (SSSR count). The van der Waals surface area contributed by atoms with E-state index < -0.39 is 6.04 Å². The van der Waals surface area contributed by atoms with Crippen LogP contribution in [0.2, 0.25) is 0 Å². The lowest BCUT2D eigenvalue weighted by atomic mass is 9.95. The second kappa shape index (κ2) is 8.52. The molecule has 0 aromatic heterocycles. The Balaban J connectivity index is 2.34. The maximum absolute atomic E-state index is 11.9. The molecule has 0 heterocycles. The molecule has 4 N–H and O–H groups in total. The Morgan fingerprint density at radius 2 is 1.95 bits per heavy atom. The third-order valence-corrected chi connectivity index (χ3v) is 4.97. The molecule has 0 aromatic carbocycles. The minimum absolute atomic E-state index is 0.0108. The molecular weight excluding hydrogens is 274 g/mol. The van der Waals surface area contributed by atoms with Gasteiger partial charge in [0, 0.05) is 11.3 Å². The summed E-state index contributed by atoms with van der Waals surface area (Å²) in [5.74, 6) is -0.322. The number of hydrogen-bond donors (Lipinski definition) is 3. The molecule has 1 aliphatic rings. The van der Waals surface area contributed by atoms with Gasteiger partial charge in [0.1, 0.15) is 0 Å². The highest BCUT2D eigenvalue weighted by atomic mass is 32.2. The van der Waals surface area contributed by atoms with Crippen LogP contribution >= 0.6 is 11.8 Å². The molecule has 1 fully saturated rings. The molecule has 1 aliphatic carbocycles. The molecule has 1 saturated carbocycles. The van der Waals surface area contributed by atoms with E-state index in [9.17, 15) is 9.59 Å². The largest absolute Gasteiger partial charge is 0.351 e. The lowest BCUT2D eigenvalue weighted by Crippen LogP contribution is -2.50. The highest BCUT2D eigenvalue weighted by molar-refractivity contribution is 7.99. The molecule has 0 spiro atoms. The van der Waals surface area contributed by atoms with Gasteiger partial charge in [-0.2, -0.15) is 11.8 Å². The van der Waals surface area contributed by atoms with Gasteiger partial charge < -0.3 is 16.4 Å². The van der Waals surface area contributed by atoms with E-state index in [0.717, 1.165) is 19.3 Å². The molecule has 116 valence electrons. The molecule has 0 aromatic rings. The van der Waals surface area contributed by atoms with Gasteiger partial charge in [-0.1, -0.05) is 26.7 Å². The standard InChI is InChI=1S/C14H27N3O2S/c1-9(2)13(15)14(19)16-8-12(18)17-10-6-4-5-7-11(10)20-3/h9-11,13H,4-8,15H2,1-3H3,(H,16,19)(H,17,18)/t10?,11?,13-/m0/s1. The Morgan fingerprint density at radius 1 is 1.30 bits per heavy atom. The first-order valence-corrected chi connectivity index (χ1v) is 8.60. The van der Waals surface area contributed by atoms with Crippen LogP contribution in [0.15, 0.2) is 0 Å². The van der Waals surface area contributed by atoms with Gasteiger partial charge in [0.2, 0.25) is 11.8 Å². The van der Waals surface area contributed by atoms with E-state index in [1.54, 1.807) is 11.8 Å². The van der Waals surface area contributed by atoms with E-state index in [-0.39, 0.29) is 30.3 Å². The Labute approximate surface area is 125 Å². The van der Waals surface area contributed by atoms with Crippen LogP contribution in [0.25, 0.3) is 0 Å². The molecular formula is C14H27N3O2S. The van der Waals surface area contributed by atoms with Crippen molar-refractivity contribution in [1.82, 2.24) is 10.6 Å². The van der Waals surface area contributed by atoms with E-state index >= 15 is 0 Å². The van der Waals surface area contributed by atoms with E-state index in [0.29, 0.717) is 5.25 Å². The maximum atomic E-state index is 11.9. The van der Waals surface area contributed by atoms with E-state index in [2.05, 4.69) is 16.9 Å². The third-order valence-electron chi connectivity index (χ3n) is 3.80. The van der Waals surface area contributed by atoms with Crippen LogP contribution in [-0.2, 0) is 9.59 Å². The van der Waals surface area contributed by atoms with E-state index in [1.165, 1.54) is 6.42 Å². The van der Waals surface area contributed by atoms with Crippen LogP contribution in [0.5, 0.6) is 0 Å². The Hall–Kier alpha value is -0.750. The molecule has 0 aliphatic heterocycles. The van der Waals surface area contributed by atoms with Crippen LogP contribution in [-0.4, -0.2) is 41.9 Å². The highest BCUT2D eigenvalue weighted by Crippen LogP contribution is 2.26.